The third kappa shape index (κ3) is 7.21. The lowest BCUT2D eigenvalue weighted by molar-refractivity contribution is -0.139. The van der Waals surface area contributed by atoms with E-state index in [-0.39, 0.29) is 42.7 Å². The molecule has 4 atom stereocenters. The third-order valence-electron chi connectivity index (χ3n) is 6.46. The number of rotatable bonds is 6. The summed E-state index contributed by atoms with van der Waals surface area (Å²) in [7, 11) is 0. The van der Waals surface area contributed by atoms with E-state index in [4.69, 9.17) is 4.74 Å². The first-order valence-corrected chi connectivity index (χ1v) is 12.2. The van der Waals surface area contributed by atoms with Crippen LogP contribution in [0.4, 0.5) is 4.79 Å². The fourth-order valence-corrected chi connectivity index (χ4v) is 4.80. The predicted molar refractivity (Wildman–Crippen MR) is 127 cm³/mol. The van der Waals surface area contributed by atoms with Gasteiger partial charge in [0.15, 0.2) is 0 Å². The zero-order chi connectivity index (χ0) is 24.7. The summed E-state index contributed by atoms with van der Waals surface area (Å²) in [5, 5.41) is 15.3. The number of hydrogen-bond donors (Lipinski definition) is 2. The van der Waals surface area contributed by atoms with Crippen molar-refractivity contribution in [3.05, 3.63) is 35.9 Å². The highest BCUT2D eigenvalue weighted by Crippen LogP contribution is 2.31. The van der Waals surface area contributed by atoms with Crippen LogP contribution in [0.25, 0.3) is 0 Å². The van der Waals surface area contributed by atoms with Gasteiger partial charge in [-0.1, -0.05) is 43.2 Å². The summed E-state index contributed by atoms with van der Waals surface area (Å²) in [4.78, 5) is 40.1. The quantitative estimate of drug-likeness (QED) is 0.664. The second kappa shape index (κ2) is 11.4. The third-order valence-corrected chi connectivity index (χ3v) is 6.46. The van der Waals surface area contributed by atoms with Crippen molar-refractivity contribution in [2.24, 2.45) is 11.8 Å². The molecule has 1 saturated carbocycles. The number of carbonyl (C=O) groups excluding carboxylic acids is 3. The minimum absolute atomic E-state index is 0.0251. The smallest absolute Gasteiger partial charge is 0.407 e. The molecule has 8 heteroatoms. The van der Waals surface area contributed by atoms with E-state index in [1.165, 1.54) is 0 Å². The topological polar surface area (TPSA) is 112 Å². The number of nitriles is 1. The Labute approximate surface area is 202 Å². The van der Waals surface area contributed by atoms with E-state index in [9.17, 15) is 19.6 Å². The Morgan fingerprint density at radius 1 is 1.15 bits per heavy atom. The van der Waals surface area contributed by atoms with Crippen LogP contribution in [0.3, 0.4) is 0 Å². The maximum absolute atomic E-state index is 13.3. The predicted octanol–water partition coefficient (Wildman–Crippen LogP) is 3.52. The van der Waals surface area contributed by atoms with Gasteiger partial charge in [-0.05, 0) is 51.5 Å². The molecule has 3 amide bonds. The molecule has 0 spiro atoms. The number of carbonyl (C=O) groups is 3. The van der Waals surface area contributed by atoms with E-state index in [1.54, 1.807) is 4.90 Å². The Kier molecular flexibility index (Phi) is 8.54. The molecule has 2 N–H and O–H groups in total. The number of benzene rings is 1. The van der Waals surface area contributed by atoms with E-state index >= 15 is 0 Å². The first kappa shape index (κ1) is 25.5. The Morgan fingerprint density at radius 2 is 1.85 bits per heavy atom. The van der Waals surface area contributed by atoms with Crippen LogP contribution in [0.1, 0.15) is 64.9 Å². The van der Waals surface area contributed by atoms with Crippen molar-refractivity contribution in [1.82, 2.24) is 15.5 Å². The van der Waals surface area contributed by atoms with E-state index < -0.39 is 17.7 Å². The molecule has 0 aromatic heterocycles. The number of alkyl carbamates (subject to hydrolysis) is 1. The molecule has 0 bridgehead atoms. The van der Waals surface area contributed by atoms with Crippen molar-refractivity contribution in [3.63, 3.8) is 0 Å². The normalized spacial score (nSPS) is 24.7. The van der Waals surface area contributed by atoms with Crippen LogP contribution in [0.2, 0.25) is 0 Å². The van der Waals surface area contributed by atoms with Gasteiger partial charge in [-0.3, -0.25) is 9.59 Å². The van der Waals surface area contributed by atoms with Crippen molar-refractivity contribution in [3.8, 4) is 6.07 Å². The average molecular weight is 469 g/mol. The minimum Gasteiger partial charge on any atom is -0.444 e. The molecule has 1 aliphatic carbocycles. The summed E-state index contributed by atoms with van der Waals surface area (Å²) in [6.45, 7) is 6.08. The number of ether oxygens (including phenoxy) is 1. The van der Waals surface area contributed by atoms with Gasteiger partial charge in [0.1, 0.15) is 11.6 Å². The van der Waals surface area contributed by atoms with Crippen LogP contribution in [-0.2, 0) is 20.9 Å². The molecule has 1 aromatic carbocycles. The average Bonchev–Trinajstić information content (AvgIpc) is 3.23. The molecule has 8 nitrogen and oxygen atoms in total. The lowest BCUT2D eigenvalue weighted by atomic mass is 9.82. The molecule has 34 heavy (non-hydrogen) atoms. The molecule has 1 saturated heterocycles. The minimum atomic E-state index is -0.651. The number of nitrogens with zero attached hydrogens (tertiary/aromatic N) is 2. The highest BCUT2D eigenvalue weighted by molar-refractivity contribution is 5.88. The summed E-state index contributed by atoms with van der Waals surface area (Å²) in [5.74, 6) is -0.760. The largest absolute Gasteiger partial charge is 0.444 e. The lowest BCUT2D eigenvalue weighted by Crippen LogP contribution is -2.48. The molecule has 2 fully saturated rings. The van der Waals surface area contributed by atoms with Crippen molar-refractivity contribution in [1.29, 1.82) is 5.26 Å². The summed E-state index contributed by atoms with van der Waals surface area (Å²) >= 11 is 0. The Hall–Kier alpha value is -3.08. The molecular formula is C26H36N4O4. The van der Waals surface area contributed by atoms with Gasteiger partial charge in [0.2, 0.25) is 11.8 Å². The Bertz CT molecular complexity index is 906. The van der Waals surface area contributed by atoms with Crippen LogP contribution in [0.5, 0.6) is 0 Å². The van der Waals surface area contributed by atoms with Gasteiger partial charge in [-0.25, -0.2) is 4.79 Å². The van der Waals surface area contributed by atoms with Crippen LogP contribution in [0, 0.1) is 23.2 Å². The van der Waals surface area contributed by atoms with Gasteiger partial charge in [-0.2, -0.15) is 5.26 Å². The van der Waals surface area contributed by atoms with Gasteiger partial charge >= 0.3 is 6.09 Å². The Morgan fingerprint density at radius 3 is 2.53 bits per heavy atom. The number of amides is 3. The number of hydrogen-bond acceptors (Lipinski definition) is 5. The fraction of sp³-hybridized carbons (Fsp3) is 0.615. The van der Waals surface area contributed by atoms with Crippen molar-refractivity contribution in [2.45, 2.75) is 83.5 Å². The zero-order valence-corrected chi connectivity index (χ0v) is 20.4. The van der Waals surface area contributed by atoms with Gasteiger partial charge in [-0.15, -0.1) is 0 Å². The summed E-state index contributed by atoms with van der Waals surface area (Å²) in [6.07, 6.45) is 3.70. The molecule has 1 aromatic rings. The first-order chi connectivity index (χ1) is 16.2. The van der Waals surface area contributed by atoms with Crippen molar-refractivity contribution >= 4 is 17.9 Å². The molecule has 1 heterocycles. The molecule has 3 rings (SSSR count). The molecule has 184 valence electrons. The van der Waals surface area contributed by atoms with E-state index in [2.05, 4.69) is 16.7 Å². The second-order valence-corrected chi connectivity index (χ2v) is 10.3. The zero-order valence-electron chi connectivity index (χ0n) is 20.4. The standard InChI is InChI=1S/C26H36N4O4/c1-26(2,3)34-25(33)29-21-12-8-7-11-20(21)14-23(31)30-17-19(15-27)13-22(30)24(32)28-16-18-9-5-4-6-10-18/h4-6,9-10,19-22H,7-8,11-14,16-17H2,1-3H3,(H,28,32)(H,29,33)/t19?,20-,21+,22?/m0/s1. The highest BCUT2D eigenvalue weighted by Gasteiger charge is 2.41. The molecular weight excluding hydrogens is 432 g/mol. The summed E-state index contributed by atoms with van der Waals surface area (Å²) in [6, 6.07) is 11.0. The first-order valence-electron chi connectivity index (χ1n) is 12.2. The van der Waals surface area contributed by atoms with Crippen molar-refractivity contribution in [2.75, 3.05) is 6.54 Å². The summed E-state index contributed by atoms with van der Waals surface area (Å²) in [5.41, 5.74) is 0.383. The molecule has 0 radical (unpaired) electrons. The van der Waals surface area contributed by atoms with Gasteiger partial charge in [0.25, 0.3) is 0 Å². The highest BCUT2D eigenvalue weighted by atomic mass is 16.6. The van der Waals surface area contributed by atoms with Crippen molar-refractivity contribution < 1.29 is 19.1 Å². The molecule has 1 aliphatic heterocycles. The molecule has 2 unspecified atom stereocenters. The van der Waals surface area contributed by atoms with Crippen LogP contribution in [0.15, 0.2) is 30.3 Å². The van der Waals surface area contributed by atoms with Crippen LogP contribution in [-0.4, -0.2) is 47.0 Å². The SMILES string of the molecule is CC(C)(C)OC(=O)N[C@@H]1CCCC[C@H]1CC(=O)N1CC(C#N)CC1C(=O)NCc1ccccc1. The fourth-order valence-electron chi connectivity index (χ4n) is 4.80. The Balaban J connectivity index is 1.62. The van der Waals surface area contributed by atoms with E-state index in [1.807, 2.05) is 51.1 Å². The van der Waals surface area contributed by atoms with Crippen LogP contribution < -0.4 is 10.6 Å². The van der Waals surface area contributed by atoms with E-state index in [0.717, 1.165) is 31.2 Å². The second-order valence-electron chi connectivity index (χ2n) is 10.3. The van der Waals surface area contributed by atoms with Gasteiger partial charge in [0.05, 0.1) is 12.0 Å². The summed E-state index contributed by atoms with van der Waals surface area (Å²) < 4.78 is 5.40. The van der Waals surface area contributed by atoms with Gasteiger partial charge in [0, 0.05) is 25.6 Å². The lowest BCUT2D eigenvalue weighted by Gasteiger charge is -2.34. The monoisotopic (exact) mass is 468 g/mol. The molecule has 2 aliphatic rings. The van der Waals surface area contributed by atoms with Gasteiger partial charge < -0.3 is 20.3 Å². The number of nitrogens with one attached hydrogen (secondary N) is 2. The maximum atomic E-state index is 13.3. The van der Waals surface area contributed by atoms with Crippen LogP contribution >= 0.6 is 0 Å². The number of likely N-dealkylation sites (tertiary alicyclic amines) is 1. The van der Waals surface area contributed by atoms with E-state index in [0.29, 0.717) is 13.0 Å². The maximum Gasteiger partial charge on any atom is 0.407 e.